The lowest BCUT2D eigenvalue weighted by Crippen LogP contribution is -2.11. The van der Waals surface area contributed by atoms with Gasteiger partial charge in [-0.1, -0.05) is 170 Å². The number of furan rings is 2. The molecule has 3 nitrogen and oxygen atoms in total. The van der Waals surface area contributed by atoms with Gasteiger partial charge in [-0.2, -0.15) is 0 Å². The lowest BCUT2D eigenvalue weighted by atomic mass is 9.92. The van der Waals surface area contributed by atoms with Crippen LogP contribution in [0.5, 0.6) is 0 Å². The minimum atomic E-state index is 0.859. The summed E-state index contributed by atoms with van der Waals surface area (Å²) in [6.45, 7) is 0. The fourth-order valence-corrected chi connectivity index (χ4v) is 9.19. The molecule has 0 bridgehead atoms. The molecule has 0 aliphatic heterocycles. The molecule has 3 heteroatoms. The summed E-state index contributed by atoms with van der Waals surface area (Å²) in [6, 6.07) is 75.6. The zero-order valence-corrected chi connectivity index (χ0v) is 32.0. The summed E-state index contributed by atoms with van der Waals surface area (Å²) in [5, 5.41) is 9.17. The summed E-state index contributed by atoms with van der Waals surface area (Å²) < 4.78 is 13.4. The molecule has 0 spiro atoms. The topological polar surface area (TPSA) is 29.5 Å². The summed E-state index contributed by atoms with van der Waals surface area (Å²) in [6.07, 6.45) is 0. The highest BCUT2D eigenvalue weighted by atomic mass is 16.3. The number of fused-ring (bicyclic) bond motifs is 11. The Morgan fingerprint density at radius 1 is 0.288 bits per heavy atom. The van der Waals surface area contributed by atoms with Gasteiger partial charge < -0.3 is 13.7 Å². The predicted octanol–water partition coefficient (Wildman–Crippen LogP) is 16.3. The first-order valence-corrected chi connectivity index (χ1v) is 20.1. The van der Waals surface area contributed by atoms with Gasteiger partial charge in [-0.15, -0.1) is 0 Å². The van der Waals surface area contributed by atoms with Crippen molar-refractivity contribution in [1.29, 1.82) is 0 Å². The van der Waals surface area contributed by atoms with Crippen molar-refractivity contribution in [3.05, 3.63) is 212 Å². The van der Waals surface area contributed by atoms with Crippen LogP contribution in [0, 0.1) is 0 Å². The van der Waals surface area contributed by atoms with Gasteiger partial charge in [0.25, 0.3) is 0 Å². The molecule has 12 rings (SSSR count). The SMILES string of the molecule is c1ccc(-c2ccc(N(c3ccc(-c4cccc5c4oc4ccccc45)cc3)c3ccc4oc5c6ccccc6c6ccccc6c5c4c3-c3ccccc3)cc2)cc1. The van der Waals surface area contributed by atoms with E-state index in [1.807, 2.05) is 12.1 Å². The van der Waals surface area contributed by atoms with Gasteiger partial charge in [0.05, 0.1) is 5.69 Å². The number of benzene rings is 10. The summed E-state index contributed by atoms with van der Waals surface area (Å²) in [4.78, 5) is 2.39. The zero-order valence-electron chi connectivity index (χ0n) is 32.0. The maximum absolute atomic E-state index is 6.94. The molecule has 59 heavy (non-hydrogen) atoms. The second-order valence-corrected chi connectivity index (χ2v) is 15.2. The standard InChI is InChI=1S/C56H35NO2/c1-3-14-36(15-4-1)37-26-30-40(31-27-37)57(41-32-28-38(29-33-41)42-23-13-24-48-45-20-11-12-25-50(45)58-55(42)48)49-34-35-51-54(52(49)39-16-5-2-6-17-39)53-46-21-9-7-18-43(46)44-19-8-10-22-47(44)56(53)59-51/h1-35H. The summed E-state index contributed by atoms with van der Waals surface area (Å²) >= 11 is 0. The monoisotopic (exact) mass is 753 g/mol. The van der Waals surface area contributed by atoms with Gasteiger partial charge in [0.2, 0.25) is 0 Å². The van der Waals surface area contributed by atoms with Crippen molar-refractivity contribution in [1.82, 2.24) is 0 Å². The molecular weight excluding hydrogens is 719 g/mol. The highest BCUT2D eigenvalue weighted by molar-refractivity contribution is 6.33. The molecular formula is C56H35NO2. The average Bonchev–Trinajstić information content (AvgIpc) is 3.90. The summed E-state index contributed by atoms with van der Waals surface area (Å²) in [5.41, 5.74) is 13.5. The Labute approximate surface area is 340 Å². The second kappa shape index (κ2) is 13.4. The van der Waals surface area contributed by atoms with Crippen molar-refractivity contribution in [3.8, 4) is 33.4 Å². The van der Waals surface area contributed by atoms with Crippen LogP contribution in [0.1, 0.15) is 0 Å². The Bertz CT molecular complexity index is 3530. The minimum Gasteiger partial charge on any atom is -0.455 e. The van der Waals surface area contributed by atoms with E-state index in [1.54, 1.807) is 0 Å². The number of hydrogen-bond donors (Lipinski definition) is 0. The Morgan fingerprint density at radius 2 is 0.797 bits per heavy atom. The van der Waals surface area contributed by atoms with Crippen LogP contribution < -0.4 is 4.90 Å². The maximum Gasteiger partial charge on any atom is 0.143 e. The van der Waals surface area contributed by atoms with E-state index in [0.717, 1.165) is 88.6 Å². The molecule has 12 aromatic rings. The van der Waals surface area contributed by atoms with Crippen LogP contribution in [0.2, 0.25) is 0 Å². The first-order valence-electron chi connectivity index (χ1n) is 20.1. The number of rotatable bonds is 6. The highest BCUT2D eigenvalue weighted by Gasteiger charge is 2.25. The van der Waals surface area contributed by atoms with Gasteiger partial charge in [0.15, 0.2) is 0 Å². The van der Waals surface area contributed by atoms with E-state index in [1.165, 1.54) is 27.3 Å². The van der Waals surface area contributed by atoms with E-state index in [0.29, 0.717) is 0 Å². The van der Waals surface area contributed by atoms with E-state index in [4.69, 9.17) is 8.83 Å². The summed E-state index contributed by atoms with van der Waals surface area (Å²) in [5.74, 6) is 0. The fraction of sp³-hybridized carbons (Fsp3) is 0. The minimum absolute atomic E-state index is 0.859. The van der Waals surface area contributed by atoms with E-state index >= 15 is 0 Å². The molecule has 0 saturated carbocycles. The van der Waals surface area contributed by atoms with Gasteiger partial charge in [-0.25, -0.2) is 0 Å². The van der Waals surface area contributed by atoms with Crippen molar-refractivity contribution >= 4 is 82.5 Å². The highest BCUT2D eigenvalue weighted by Crippen LogP contribution is 2.50. The first-order chi connectivity index (χ1) is 29.3. The Morgan fingerprint density at radius 3 is 1.51 bits per heavy atom. The third-order valence-corrected chi connectivity index (χ3v) is 11.9. The molecule has 0 amide bonds. The van der Waals surface area contributed by atoms with Crippen LogP contribution in [-0.4, -0.2) is 0 Å². The third-order valence-electron chi connectivity index (χ3n) is 11.9. The Balaban J connectivity index is 1.12. The maximum atomic E-state index is 6.94. The van der Waals surface area contributed by atoms with E-state index in [-0.39, 0.29) is 0 Å². The Hall–Kier alpha value is -7.88. The predicted molar refractivity (Wildman–Crippen MR) is 247 cm³/mol. The molecule has 0 saturated heterocycles. The van der Waals surface area contributed by atoms with Crippen molar-refractivity contribution in [3.63, 3.8) is 0 Å². The molecule has 10 aromatic carbocycles. The molecule has 0 radical (unpaired) electrons. The smallest absolute Gasteiger partial charge is 0.143 e. The average molecular weight is 754 g/mol. The van der Waals surface area contributed by atoms with Crippen LogP contribution >= 0.6 is 0 Å². The van der Waals surface area contributed by atoms with E-state index in [9.17, 15) is 0 Å². The summed E-state index contributed by atoms with van der Waals surface area (Å²) in [7, 11) is 0. The van der Waals surface area contributed by atoms with Gasteiger partial charge in [0.1, 0.15) is 22.3 Å². The van der Waals surface area contributed by atoms with Crippen LogP contribution in [0.4, 0.5) is 17.1 Å². The van der Waals surface area contributed by atoms with Crippen molar-refractivity contribution in [2.24, 2.45) is 0 Å². The molecule has 0 aliphatic carbocycles. The quantitative estimate of drug-likeness (QED) is 0.158. The molecule has 0 fully saturated rings. The Kier molecular flexibility index (Phi) is 7.54. The second-order valence-electron chi connectivity index (χ2n) is 15.2. The lowest BCUT2D eigenvalue weighted by Gasteiger charge is -2.28. The largest absolute Gasteiger partial charge is 0.455 e. The molecule has 0 unspecified atom stereocenters. The van der Waals surface area contributed by atoms with Crippen LogP contribution in [0.15, 0.2) is 221 Å². The molecule has 0 aliphatic rings. The molecule has 2 aromatic heterocycles. The van der Waals surface area contributed by atoms with Crippen molar-refractivity contribution in [2.45, 2.75) is 0 Å². The van der Waals surface area contributed by atoms with Gasteiger partial charge >= 0.3 is 0 Å². The zero-order chi connectivity index (χ0) is 38.9. The van der Waals surface area contributed by atoms with Crippen LogP contribution in [0.3, 0.4) is 0 Å². The fourth-order valence-electron chi connectivity index (χ4n) is 9.19. The van der Waals surface area contributed by atoms with Crippen molar-refractivity contribution in [2.75, 3.05) is 4.90 Å². The first kappa shape index (κ1) is 33.3. The van der Waals surface area contributed by atoms with Gasteiger partial charge in [-0.05, 0) is 80.9 Å². The molecule has 2 heterocycles. The van der Waals surface area contributed by atoms with Gasteiger partial charge in [-0.3, -0.25) is 0 Å². The van der Waals surface area contributed by atoms with Gasteiger partial charge in [0, 0.05) is 49.4 Å². The molecule has 0 N–H and O–H groups in total. The molecule has 276 valence electrons. The van der Waals surface area contributed by atoms with E-state index < -0.39 is 0 Å². The van der Waals surface area contributed by atoms with E-state index in [2.05, 4.69) is 205 Å². The lowest BCUT2D eigenvalue weighted by molar-refractivity contribution is 0.670. The number of para-hydroxylation sites is 2. The number of nitrogens with zero attached hydrogens (tertiary/aromatic N) is 1. The van der Waals surface area contributed by atoms with Crippen LogP contribution in [-0.2, 0) is 0 Å². The van der Waals surface area contributed by atoms with Crippen LogP contribution in [0.25, 0.3) is 98.8 Å². The number of hydrogen-bond acceptors (Lipinski definition) is 3. The number of anilines is 3. The molecule has 0 atom stereocenters. The van der Waals surface area contributed by atoms with Crippen molar-refractivity contribution < 1.29 is 8.83 Å². The third kappa shape index (κ3) is 5.29. The normalized spacial score (nSPS) is 11.7.